The minimum atomic E-state index is 0.463. The third-order valence-electron chi connectivity index (χ3n) is 4.79. The van der Waals surface area contributed by atoms with Crippen LogP contribution in [0.2, 0.25) is 5.02 Å². The fraction of sp³-hybridized carbons (Fsp3) is 0.500. The van der Waals surface area contributed by atoms with Crippen molar-refractivity contribution in [2.24, 2.45) is 0 Å². The minimum absolute atomic E-state index is 0.463. The molecule has 2 aliphatic carbocycles. The first-order valence-corrected chi connectivity index (χ1v) is 9.63. The summed E-state index contributed by atoms with van der Waals surface area (Å²) < 4.78 is 5.88. The first kappa shape index (κ1) is 16.8. The van der Waals surface area contributed by atoms with Gasteiger partial charge in [-0.3, -0.25) is 0 Å². The first-order valence-electron chi connectivity index (χ1n) is 8.84. The maximum atomic E-state index is 5.93. The van der Waals surface area contributed by atoms with E-state index in [1.165, 1.54) is 38.5 Å². The number of thiocarbonyl (C=S) groups is 1. The summed E-state index contributed by atoms with van der Waals surface area (Å²) in [5.41, 5.74) is 0.870. The molecule has 1 aromatic carbocycles. The van der Waals surface area contributed by atoms with Gasteiger partial charge in [0, 0.05) is 22.7 Å². The number of hydrogen-bond donors (Lipinski definition) is 1. The lowest BCUT2D eigenvalue weighted by Gasteiger charge is -2.30. The van der Waals surface area contributed by atoms with Crippen molar-refractivity contribution in [3.8, 4) is 11.5 Å². The van der Waals surface area contributed by atoms with Crippen molar-refractivity contribution in [1.82, 2.24) is 20.4 Å². The lowest BCUT2D eigenvalue weighted by Crippen LogP contribution is -2.45. The molecule has 0 aliphatic heterocycles. The summed E-state index contributed by atoms with van der Waals surface area (Å²) in [7, 11) is 0. The second-order valence-electron chi connectivity index (χ2n) is 6.80. The predicted octanol–water partition coefficient (Wildman–Crippen LogP) is 4.17. The lowest BCUT2D eigenvalue weighted by atomic mass is 10.2. The van der Waals surface area contributed by atoms with Gasteiger partial charge in [-0.15, -0.1) is 10.2 Å². The van der Waals surface area contributed by atoms with Crippen molar-refractivity contribution in [3.05, 3.63) is 35.2 Å². The van der Waals surface area contributed by atoms with Crippen molar-refractivity contribution >= 4 is 28.9 Å². The molecular weight excluding hydrogens is 356 g/mol. The number of aromatic nitrogens is 2. The van der Waals surface area contributed by atoms with Gasteiger partial charge in [-0.25, -0.2) is 0 Å². The molecule has 1 aromatic heterocycles. The summed E-state index contributed by atoms with van der Waals surface area (Å²) in [5, 5.41) is 13.4. The molecule has 7 heteroatoms. The fourth-order valence-electron chi connectivity index (χ4n) is 3.24. The topological polar surface area (TPSA) is 54.2 Å². The third kappa shape index (κ3) is 4.12. The molecule has 0 saturated heterocycles. The Morgan fingerprint density at radius 2 is 1.88 bits per heavy atom. The molecule has 4 rings (SSSR count). The van der Waals surface area contributed by atoms with Crippen LogP contribution in [-0.2, 0) is 6.54 Å². The van der Waals surface area contributed by atoms with E-state index >= 15 is 0 Å². The zero-order valence-electron chi connectivity index (χ0n) is 13.9. The first-order chi connectivity index (χ1) is 12.2. The molecule has 132 valence electrons. The van der Waals surface area contributed by atoms with Crippen LogP contribution in [0, 0.1) is 0 Å². The Morgan fingerprint density at radius 3 is 2.56 bits per heavy atom. The molecule has 2 fully saturated rings. The molecule has 0 bridgehead atoms. The van der Waals surface area contributed by atoms with Crippen LogP contribution >= 0.6 is 23.8 Å². The van der Waals surface area contributed by atoms with Gasteiger partial charge in [0.1, 0.15) is 0 Å². The average molecular weight is 377 g/mol. The summed E-state index contributed by atoms with van der Waals surface area (Å²) in [6.07, 6.45) is 7.27. The van der Waals surface area contributed by atoms with Crippen LogP contribution in [0.25, 0.3) is 11.5 Å². The fourth-order valence-corrected chi connectivity index (χ4v) is 3.75. The number of nitrogens with zero attached hydrogens (tertiary/aromatic N) is 3. The molecular formula is C18H21ClN4OS. The molecule has 0 unspecified atom stereocenters. The van der Waals surface area contributed by atoms with E-state index in [2.05, 4.69) is 20.4 Å². The molecule has 2 saturated carbocycles. The Hall–Kier alpha value is -1.66. The highest BCUT2D eigenvalue weighted by Gasteiger charge is 2.30. The van der Waals surface area contributed by atoms with Crippen LogP contribution in [-0.4, -0.2) is 32.3 Å². The highest BCUT2D eigenvalue weighted by Crippen LogP contribution is 2.27. The molecule has 2 aliphatic rings. The van der Waals surface area contributed by atoms with E-state index in [0.717, 1.165) is 10.7 Å². The standard InChI is InChI=1S/C18H21ClN4OS/c19-13-7-5-12(6-8-13)17-22-21-16(24-17)11-23(15-3-1-2-4-15)18(25)20-14-9-10-14/h5-8,14-15H,1-4,9-11H2,(H,20,25). The van der Waals surface area contributed by atoms with E-state index < -0.39 is 0 Å². The van der Waals surface area contributed by atoms with Crippen LogP contribution in [0.15, 0.2) is 28.7 Å². The normalized spacial score (nSPS) is 17.6. The molecule has 2 aromatic rings. The average Bonchev–Trinajstić information content (AvgIpc) is 3.09. The maximum absolute atomic E-state index is 5.93. The Morgan fingerprint density at radius 1 is 1.16 bits per heavy atom. The number of nitrogens with one attached hydrogen (secondary N) is 1. The summed E-state index contributed by atoms with van der Waals surface area (Å²) >= 11 is 11.6. The summed E-state index contributed by atoms with van der Waals surface area (Å²) in [6.45, 7) is 0.559. The van der Waals surface area contributed by atoms with Crippen molar-refractivity contribution in [2.45, 2.75) is 57.2 Å². The Bertz CT molecular complexity index is 738. The van der Waals surface area contributed by atoms with Crippen molar-refractivity contribution in [3.63, 3.8) is 0 Å². The molecule has 1 N–H and O–H groups in total. The smallest absolute Gasteiger partial charge is 0.247 e. The lowest BCUT2D eigenvalue weighted by molar-refractivity contribution is 0.275. The van der Waals surface area contributed by atoms with Crippen molar-refractivity contribution in [1.29, 1.82) is 0 Å². The summed E-state index contributed by atoms with van der Waals surface area (Å²) in [4.78, 5) is 2.24. The SMILES string of the molecule is S=C(NC1CC1)N(Cc1nnc(-c2ccc(Cl)cc2)o1)C1CCCC1. The number of halogens is 1. The van der Waals surface area contributed by atoms with E-state index in [9.17, 15) is 0 Å². The van der Waals surface area contributed by atoms with Crippen LogP contribution in [0.4, 0.5) is 0 Å². The maximum Gasteiger partial charge on any atom is 0.247 e. The van der Waals surface area contributed by atoms with E-state index in [0.29, 0.717) is 35.4 Å². The molecule has 0 spiro atoms. The van der Waals surface area contributed by atoms with Gasteiger partial charge in [-0.1, -0.05) is 24.4 Å². The van der Waals surface area contributed by atoms with Crippen LogP contribution in [0.1, 0.15) is 44.4 Å². The molecule has 0 amide bonds. The van der Waals surface area contributed by atoms with Crippen LogP contribution in [0.3, 0.4) is 0 Å². The molecule has 25 heavy (non-hydrogen) atoms. The number of benzene rings is 1. The predicted molar refractivity (Wildman–Crippen MR) is 101 cm³/mol. The Kier molecular flexibility index (Phi) is 4.90. The molecule has 5 nitrogen and oxygen atoms in total. The largest absolute Gasteiger partial charge is 0.419 e. The van der Waals surface area contributed by atoms with Crippen LogP contribution < -0.4 is 5.32 Å². The van der Waals surface area contributed by atoms with E-state index in [1.54, 1.807) is 0 Å². The minimum Gasteiger partial charge on any atom is -0.419 e. The molecule has 0 radical (unpaired) electrons. The Labute approximate surface area is 157 Å². The second-order valence-corrected chi connectivity index (χ2v) is 7.62. The van der Waals surface area contributed by atoms with Gasteiger partial charge in [0.15, 0.2) is 5.11 Å². The van der Waals surface area contributed by atoms with Gasteiger partial charge in [-0.05, 0) is 62.2 Å². The monoisotopic (exact) mass is 376 g/mol. The highest BCUT2D eigenvalue weighted by molar-refractivity contribution is 7.80. The van der Waals surface area contributed by atoms with E-state index in [-0.39, 0.29) is 0 Å². The van der Waals surface area contributed by atoms with Gasteiger partial charge >= 0.3 is 0 Å². The zero-order chi connectivity index (χ0) is 17.2. The van der Waals surface area contributed by atoms with E-state index in [4.69, 9.17) is 28.2 Å². The summed E-state index contributed by atoms with van der Waals surface area (Å²) in [5.74, 6) is 1.11. The van der Waals surface area contributed by atoms with E-state index in [1.807, 2.05) is 24.3 Å². The van der Waals surface area contributed by atoms with Gasteiger partial charge in [0.25, 0.3) is 0 Å². The number of rotatable bonds is 5. The van der Waals surface area contributed by atoms with Gasteiger partial charge in [0.2, 0.25) is 11.8 Å². The Balaban J connectivity index is 1.49. The van der Waals surface area contributed by atoms with Gasteiger partial charge in [-0.2, -0.15) is 0 Å². The zero-order valence-corrected chi connectivity index (χ0v) is 15.5. The van der Waals surface area contributed by atoms with Crippen molar-refractivity contribution < 1.29 is 4.42 Å². The third-order valence-corrected chi connectivity index (χ3v) is 5.40. The number of hydrogen-bond acceptors (Lipinski definition) is 4. The highest BCUT2D eigenvalue weighted by atomic mass is 35.5. The second kappa shape index (κ2) is 7.30. The van der Waals surface area contributed by atoms with Gasteiger partial charge < -0.3 is 14.6 Å². The summed E-state index contributed by atoms with van der Waals surface area (Å²) in [6, 6.07) is 8.41. The van der Waals surface area contributed by atoms with Crippen molar-refractivity contribution in [2.75, 3.05) is 0 Å². The molecule has 0 atom stereocenters. The van der Waals surface area contributed by atoms with Gasteiger partial charge in [0.05, 0.1) is 6.54 Å². The van der Waals surface area contributed by atoms with Crippen LogP contribution in [0.5, 0.6) is 0 Å². The molecule has 1 heterocycles. The quantitative estimate of drug-likeness (QED) is 0.790.